The largest absolute Gasteiger partial charge is 0.467 e. The Balaban J connectivity index is 1.85. The molecular formula is C19H17ClN2O4S. The van der Waals surface area contributed by atoms with E-state index in [9.17, 15) is 13.2 Å². The van der Waals surface area contributed by atoms with Crippen LogP contribution in [0.15, 0.2) is 76.2 Å². The van der Waals surface area contributed by atoms with Crippen LogP contribution in [-0.2, 0) is 16.6 Å². The Morgan fingerprint density at radius 1 is 1.07 bits per heavy atom. The summed E-state index contributed by atoms with van der Waals surface area (Å²) in [7, 11) is -2.24. The summed E-state index contributed by atoms with van der Waals surface area (Å²) in [5.74, 6) is 0.297. The van der Waals surface area contributed by atoms with Crippen molar-refractivity contribution in [2.24, 2.45) is 0 Å². The average molecular weight is 405 g/mol. The molecule has 3 aromatic rings. The van der Waals surface area contributed by atoms with Crippen molar-refractivity contribution in [3.8, 4) is 0 Å². The van der Waals surface area contributed by atoms with Crippen molar-refractivity contribution in [2.45, 2.75) is 11.4 Å². The Kier molecular flexibility index (Phi) is 5.53. The maximum absolute atomic E-state index is 12.8. The maximum atomic E-state index is 12.8. The molecule has 0 saturated heterocycles. The maximum Gasteiger partial charge on any atom is 0.261 e. The molecule has 0 bridgehead atoms. The molecule has 1 heterocycles. The summed E-state index contributed by atoms with van der Waals surface area (Å²) >= 11 is 5.81. The van der Waals surface area contributed by atoms with Crippen LogP contribution >= 0.6 is 11.6 Å². The van der Waals surface area contributed by atoms with Crippen LogP contribution in [0.1, 0.15) is 16.1 Å². The molecule has 0 spiro atoms. The molecule has 0 atom stereocenters. The van der Waals surface area contributed by atoms with E-state index in [4.69, 9.17) is 16.0 Å². The number of hydrogen-bond donors (Lipinski definition) is 1. The van der Waals surface area contributed by atoms with Crippen LogP contribution < -0.4 is 4.72 Å². The minimum Gasteiger partial charge on any atom is -0.467 e. The molecule has 0 radical (unpaired) electrons. The first-order chi connectivity index (χ1) is 12.9. The molecule has 0 unspecified atom stereocenters. The lowest BCUT2D eigenvalue weighted by molar-refractivity contribution is 0.0776. The Hall–Kier alpha value is -2.77. The van der Waals surface area contributed by atoms with E-state index in [-0.39, 0.29) is 28.6 Å². The van der Waals surface area contributed by atoms with Gasteiger partial charge in [0.1, 0.15) is 5.76 Å². The fourth-order valence-corrected chi connectivity index (χ4v) is 3.70. The molecule has 1 aromatic heterocycles. The lowest BCUT2D eigenvalue weighted by Crippen LogP contribution is -2.27. The number of amides is 1. The number of halogens is 1. The molecule has 8 heteroatoms. The number of sulfonamides is 1. The number of anilines is 1. The predicted octanol–water partition coefficient (Wildman–Crippen LogP) is 4.01. The van der Waals surface area contributed by atoms with Gasteiger partial charge in [0, 0.05) is 12.1 Å². The number of benzene rings is 2. The molecule has 3 rings (SSSR count). The van der Waals surface area contributed by atoms with Gasteiger partial charge in [0.05, 0.1) is 29.0 Å². The van der Waals surface area contributed by atoms with Gasteiger partial charge in [-0.05, 0) is 48.5 Å². The lowest BCUT2D eigenvalue weighted by Gasteiger charge is -2.18. The SMILES string of the molecule is CN(Cc1ccco1)C(=O)c1ccccc1NS(=O)(=O)c1ccc(Cl)cc1. The first-order valence-electron chi connectivity index (χ1n) is 8.02. The van der Waals surface area contributed by atoms with Gasteiger partial charge in [-0.2, -0.15) is 0 Å². The second-order valence-corrected chi connectivity index (χ2v) is 7.96. The molecule has 0 aliphatic heterocycles. The van der Waals surface area contributed by atoms with Crippen LogP contribution in [0, 0.1) is 0 Å². The van der Waals surface area contributed by atoms with Gasteiger partial charge >= 0.3 is 0 Å². The van der Waals surface area contributed by atoms with E-state index >= 15 is 0 Å². The Morgan fingerprint density at radius 3 is 2.44 bits per heavy atom. The Morgan fingerprint density at radius 2 is 1.78 bits per heavy atom. The molecule has 0 aliphatic carbocycles. The highest BCUT2D eigenvalue weighted by molar-refractivity contribution is 7.92. The van der Waals surface area contributed by atoms with Gasteiger partial charge in [0.15, 0.2) is 0 Å². The number of carbonyl (C=O) groups excluding carboxylic acids is 1. The van der Waals surface area contributed by atoms with Gasteiger partial charge in [-0.3, -0.25) is 9.52 Å². The van der Waals surface area contributed by atoms with Gasteiger partial charge in [-0.1, -0.05) is 23.7 Å². The molecule has 6 nitrogen and oxygen atoms in total. The Labute approximate surface area is 162 Å². The first kappa shape index (κ1) is 19.0. The summed E-state index contributed by atoms with van der Waals surface area (Å²) in [4.78, 5) is 14.3. The summed E-state index contributed by atoms with van der Waals surface area (Å²) in [6, 6.07) is 15.7. The van der Waals surface area contributed by atoms with Crippen molar-refractivity contribution in [3.05, 3.63) is 83.3 Å². The van der Waals surface area contributed by atoms with Gasteiger partial charge in [-0.25, -0.2) is 8.42 Å². The third kappa shape index (κ3) is 4.50. The van der Waals surface area contributed by atoms with Crippen LogP contribution in [0.4, 0.5) is 5.69 Å². The fraction of sp³-hybridized carbons (Fsp3) is 0.105. The van der Waals surface area contributed by atoms with E-state index < -0.39 is 10.0 Å². The van der Waals surface area contributed by atoms with Crippen LogP contribution in [0.25, 0.3) is 0 Å². The number of furan rings is 1. The van der Waals surface area contributed by atoms with E-state index in [0.717, 1.165) is 0 Å². The average Bonchev–Trinajstić information content (AvgIpc) is 3.14. The number of nitrogens with one attached hydrogen (secondary N) is 1. The summed E-state index contributed by atoms with van der Waals surface area (Å²) in [5.41, 5.74) is 0.438. The van der Waals surface area contributed by atoms with Crippen molar-refractivity contribution in [3.63, 3.8) is 0 Å². The molecule has 27 heavy (non-hydrogen) atoms. The third-order valence-corrected chi connectivity index (χ3v) is 5.48. The number of hydrogen-bond acceptors (Lipinski definition) is 4. The summed E-state index contributed by atoms with van der Waals surface area (Å²) < 4.78 is 33.0. The monoisotopic (exact) mass is 404 g/mol. The smallest absolute Gasteiger partial charge is 0.261 e. The minimum absolute atomic E-state index is 0.0538. The number of carbonyl (C=O) groups is 1. The number of para-hydroxylation sites is 1. The zero-order valence-corrected chi connectivity index (χ0v) is 16.0. The molecule has 2 aromatic carbocycles. The first-order valence-corrected chi connectivity index (χ1v) is 9.88. The van der Waals surface area contributed by atoms with E-state index in [1.165, 1.54) is 35.4 Å². The Bertz CT molecular complexity index is 1030. The molecular weight excluding hydrogens is 388 g/mol. The van der Waals surface area contributed by atoms with Crippen molar-refractivity contribution in [1.82, 2.24) is 4.90 Å². The summed E-state index contributed by atoms with van der Waals surface area (Å²) in [6.07, 6.45) is 1.53. The van der Waals surface area contributed by atoms with Crippen molar-refractivity contribution < 1.29 is 17.6 Å². The van der Waals surface area contributed by atoms with E-state index in [1.54, 1.807) is 43.4 Å². The molecule has 0 fully saturated rings. The topological polar surface area (TPSA) is 79.6 Å². The van der Waals surface area contributed by atoms with E-state index in [2.05, 4.69) is 4.72 Å². The quantitative estimate of drug-likeness (QED) is 0.673. The highest BCUT2D eigenvalue weighted by Crippen LogP contribution is 2.23. The van der Waals surface area contributed by atoms with Crippen LogP contribution in [0.3, 0.4) is 0 Å². The van der Waals surface area contributed by atoms with Crippen LogP contribution in [0.2, 0.25) is 5.02 Å². The number of rotatable bonds is 6. The van der Waals surface area contributed by atoms with Gasteiger partial charge in [0.2, 0.25) is 0 Å². The summed E-state index contributed by atoms with van der Waals surface area (Å²) in [6.45, 7) is 0.268. The normalized spacial score (nSPS) is 11.2. The number of nitrogens with zero attached hydrogens (tertiary/aromatic N) is 1. The summed E-state index contributed by atoms with van der Waals surface area (Å²) in [5, 5.41) is 0.434. The highest BCUT2D eigenvalue weighted by atomic mass is 35.5. The highest BCUT2D eigenvalue weighted by Gasteiger charge is 2.21. The van der Waals surface area contributed by atoms with Crippen LogP contribution in [0.5, 0.6) is 0 Å². The molecule has 140 valence electrons. The minimum atomic E-state index is -3.86. The van der Waals surface area contributed by atoms with Crippen molar-refractivity contribution >= 4 is 33.2 Å². The van der Waals surface area contributed by atoms with Crippen LogP contribution in [-0.4, -0.2) is 26.3 Å². The van der Waals surface area contributed by atoms with Gasteiger partial charge in [-0.15, -0.1) is 0 Å². The predicted molar refractivity (Wildman–Crippen MR) is 103 cm³/mol. The molecule has 0 aliphatic rings. The second-order valence-electron chi connectivity index (χ2n) is 5.85. The van der Waals surface area contributed by atoms with Gasteiger partial charge < -0.3 is 9.32 Å². The standard InChI is InChI=1S/C19H17ClN2O4S/c1-22(13-15-5-4-12-26-15)19(23)17-6-2-3-7-18(17)21-27(24,25)16-10-8-14(20)9-11-16/h2-12,21H,13H2,1H3. The zero-order chi connectivity index (χ0) is 19.4. The second kappa shape index (κ2) is 7.85. The van der Waals surface area contributed by atoms with E-state index in [0.29, 0.717) is 10.8 Å². The fourth-order valence-electron chi connectivity index (χ4n) is 2.49. The van der Waals surface area contributed by atoms with Crippen molar-refractivity contribution in [2.75, 3.05) is 11.8 Å². The lowest BCUT2D eigenvalue weighted by atomic mass is 10.1. The zero-order valence-electron chi connectivity index (χ0n) is 14.4. The van der Waals surface area contributed by atoms with Gasteiger partial charge in [0.25, 0.3) is 15.9 Å². The molecule has 0 saturated carbocycles. The molecule has 1 N–H and O–H groups in total. The van der Waals surface area contributed by atoms with E-state index in [1.807, 2.05) is 0 Å². The van der Waals surface area contributed by atoms with Crippen molar-refractivity contribution in [1.29, 1.82) is 0 Å². The molecule has 1 amide bonds. The third-order valence-electron chi connectivity index (χ3n) is 3.85.